The highest BCUT2D eigenvalue weighted by atomic mass is 35.5. The summed E-state index contributed by atoms with van der Waals surface area (Å²) in [4.78, 5) is 16.0. The van der Waals surface area contributed by atoms with E-state index in [0.717, 1.165) is 0 Å². The van der Waals surface area contributed by atoms with E-state index < -0.39 is 7.82 Å². The molecule has 10 heavy (non-hydrogen) atoms. The van der Waals surface area contributed by atoms with E-state index in [1.807, 2.05) is 0 Å². The van der Waals surface area contributed by atoms with Crippen LogP contribution in [0.5, 0.6) is 0 Å². The van der Waals surface area contributed by atoms with E-state index in [4.69, 9.17) is 9.79 Å². The lowest BCUT2D eigenvalue weighted by atomic mass is 10.7. The molecule has 0 aromatic rings. The van der Waals surface area contributed by atoms with Gasteiger partial charge in [-0.2, -0.15) is 0 Å². The number of hydrogen-bond acceptors (Lipinski definition) is 2. The van der Waals surface area contributed by atoms with Crippen molar-refractivity contribution in [3.05, 3.63) is 12.7 Å². The Bertz CT molecular complexity index is 122. The van der Waals surface area contributed by atoms with Crippen LogP contribution in [0.1, 0.15) is 0 Å². The molecule has 64 valence electrons. The van der Waals surface area contributed by atoms with Crippen molar-refractivity contribution in [2.24, 2.45) is 0 Å². The summed E-state index contributed by atoms with van der Waals surface area (Å²) < 4.78 is 13.7. The van der Waals surface area contributed by atoms with Gasteiger partial charge in [-0.1, -0.05) is 6.08 Å². The molecule has 0 radical (unpaired) electrons. The van der Waals surface area contributed by atoms with Crippen LogP contribution in [0.15, 0.2) is 12.7 Å². The van der Waals surface area contributed by atoms with Crippen molar-refractivity contribution in [3.8, 4) is 0 Å². The van der Waals surface area contributed by atoms with E-state index in [0.29, 0.717) is 0 Å². The average molecular weight is 211 g/mol. The molecule has 0 aliphatic rings. The summed E-state index contributed by atoms with van der Waals surface area (Å²) in [7, 11) is -4.25. The van der Waals surface area contributed by atoms with E-state index in [2.05, 4.69) is 11.1 Å². The predicted octanol–water partition coefficient (Wildman–Crippen LogP) is 1.13. The Morgan fingerprint density at radius 1 is 1.50 bits per heavy atom. The maximum atomic E-state index is 9.81. The molecule has 0 heterocycles. The molecule has 0 unspecified atom stereocenters. The van der Waals surface area contributed by atoms with Crippen LogP contribution in [0.4, 0.5) is 0 Å². The van der Waals surface area contributed by atoms with Crippen LogP contribution in [0.25, 0.3) is 0 Å². The van der Waals surface area contributed by atoms with Crippen molar-refractivity contribution in [3.63, 3.8) is 0 Å². The van der Waals surface area contributed by atoms with E-state index in [1.54, 1.807) is 0 Å². The second kappa shape index (κ2) is 7.54. The second-order valence-corrected chi connectivity index (χ2v) is 2.31. The van der Waals surface area contributed by atoms with Crippen LogP contribution in [0.2, 0.25) is 0 Å². The normalized spacial score (nSPS) is 9.00. The molecule has 0 rings (SSSR count). The Balaban J connectivity index is -0.000000245. The molecule has 0 atom stereocenters. The quantitative estimate of drug-likeness (QED) is 0.542. The smallest absolute Gasteiger partial charge is 0.303 e. The van der Waals surface area contributed by atoms with Crippen molar-refractivity contribution >= 4 is 32.6 Å². The highest BCUT2D eigenvalue weighted by Gasteiger charge is 2.10. The molecular formula is C3H9Cl2O4P. The molecule has 0 bridgehead atoms. The molecule has 7 heteroatoms. The Labute approximate surface area is 71.3 Å². The average Bonchev–Trinajstić information content (AvgIpc) is 1.59. The predicted molar refractivity (Wildman–Crippen MR) is 42.7 cm³/mol. The first-order valence-corrected chi connectivity index (χ1v) is 3.40. The summed E-state index contributed by atoms with van der Waals surface area (Å²) in [5.74, 6) is 0. The molecule has 0 fully saturated rings. The van der Waals surface area contributed by atoms with Gasteiger partial charge in [-0.3, -0.25) is 4.52 Å². The first kappa shape index (κ1) is 16.8. The lowest BCUT2D eigenvalue weighted by Crippen LogP contribution is -1.86. The summed E-state index contributed by atoms with van der Waals surface area (Å²) in [6, 6.07) is 0. The summed E-state index contributed by atoms with van der Waals surface area (Å²) in [5, 5.41) is 0. The van der Waals surface area contributed by atoms with Crippen LogP contribution < -0.4 is 0 Å². The number of hydrogen-bond donors (Lipinski definition) is 2. The Kier molecular flexibility index (Phi) is 12.7. The van der Waals surface area contributed by atoms with E-state index >= 15 is 0 Å². The first-order valence-electron chi connectivity index (χ1n) is 1.87. The number of halogens is 2. The lowest BCUT2D eigenvalue weighted by Gasteiger charge is -1.98. The van der Waals surface area contributed by atoms with Gasteiger partial charge in [-0.15, -0.1) is 31.4 Å². The van der Waals surface area contributed by atoms with Crippen molar-refractivity contribution in [2.45, 2.75) is 0 Å². The fourth-order valence-corrected chi connectivity index (χ4v) is 0.449. The number of phosphoric ester groups is 1. The van der Waals surface area contributed by atoms with Crippen LogP contribution in [0.3, 0.4) is 0 Å². The van der Waals surface area contributed by atoms with Crippen molar-refractivity contribution in [1.29, 1.82) is 0 Å². The Morgan fingerprint density at radius 3 is 2.00 bits per heavy atom. The molecule has 4 nitrogen and oxygen atoms in total. The largest absolute Gasteiger partial charge is 0.469 e. The van der Waals surface area contributed by atoms with Crippen LogP contribution >= 0.6 is 32.6 Å². The van der Waals surface area contributed by atoms with Gasteiger partial charge in [0, 0.05) is 0 Å². The van der Waals surface area contributed by atoms with Gasteiger partial charge in [-0.25, -0.2) is 4.57 Å². The Hall–Kier alpha value is 0.430. The van der Waals surface area contributed by atoms with Crippen LogP contribution in [-0.2, 0) is 9.09 Å². The van der Waals surface area contributed by atoms with E-state index in [-0.39, 0.29) is 31.4 Å². The third-order valence-corrected chi connectivity index (χ3v) is 0.846. The minimum atomic E-state index is -4.25. The molecule has 0 aromatic heterocycles. The minimum Gasteiger partial charge on any atom is -0.303 e. The zero-order chi connectivity index (χ0) is 6.62. The van der Waals surface area contributed by atoms with Gasteiger partial charge in [0.2, 0.25) is 0 Å². The fraction of sp³-hybridized carbons (Fsp3) is 0.333. The van der Waals surface area contributed by atoms with Crippen molar-refractivity contribution in [1.82, 2.24) is 0 Å². The maximum Gasteiger partial charge on any atom is 0.469 e. The Morgan fingerprint density at radius 2 is 1.90 bits per heavy atom. The summed E-state index contributed by atoms with van der Waals surface area (Å²) >= 11 is 0. The van der Waals surface area contributed by atoms with Crippen molar-refractivity contribution < 1.29 is 18.9 Å². The third-order valence-electron chi connectivity index (χ3n) is 0.361. The molecule has 0 aliphatic carbocycles. The highest BCUT2D eigenvalue weighted by Crippen LogP contribution is 2.35. The zero-order valence-corrected chi connectivity index (χ0v) is 7.49. The zero-order valence-electron chi connectivity index (χ0n) is 4.97. The van der Waals surface area contributed by atoms with E-state index in [9.17, 15) is 4.57 Å². The molecule has 0 saturated carbocycles. The molecule has 2 N–H and O–H groups in total. The SMILES string of the molecule is C=CCOP(=O)(O)O.Cl.Cl. The molecule has 0 aromatic carbocycles. The van der Waals surface area contributed by atoms with Crippen molar-refractivity contribution in [2.75, 3.05) is 6.61 Å². The fourth-order valence-electron chi connectivity index (χ4n) is 0.150. The molecule has 0 aliphatic heterocycles. The highest BCUT2D eigenvalue weighted by molar-refractivity contribution is 7.46. The lowest BCUT2D eigenvalue weighted by molar-refractivity contribution is 0.216. The summed E-state index contributed by atoms with van der Waals surface area (Å²) in [6.45, 7) is 3.07. The van der Waals surface area contributed by atoms with Gasteiger partial charge in [0.15, 0.2) is 0 Å². The minimum absolute atomic E-state index is 0. The van der Waals surface area contributed by atoms with E-state index in [1.165, 1.54) is 6.08 Å². The first-order chi connectivity index (χ1) is 3.56. The molecular weight excluding hydrogens is 202 g/mol. The molecule has 0 amide bonds. The topological polar surface area (TPSA) is 66.8 Å². The molecule has 0 saturated heterocycles. The van der Waals surface area contributed by atoms with Crippen LogP contribution in [0, 0.1) is 0 Å². The van der Waals surface area contributed by atoms with Crippen LogP contribution in [-0.4, -0.2) is 16.4 Å². The van der Waals surface area contributed by atoms with Gasteiger partial charge in [-0.05, 0) is 0 Å². The monoisotopic (exact) mass is 210 g/mol. The third kappa shape index (κ3) is 15.8. The van der Waals surface area contributed by atoms with Gasteiger partial charge < -0.3 is 9.79 Å². The van der Waals surface area contributed by atoms with Gasteiger partial charge >= 0.3 is 7.82 Å². The summed E-state index contributed by atoms with van der Waals surface area (Å²) in [5.41, 5.74) is 0. The maximum absolute atomic E-state index is 9.81. The molecule has 0 spiro atoms. The van der Waals surface area contributed by atoms with Gasteiger partial charge in [0.25, 0.3) is 0 Å². The standard InChI is InChI=1S/C3H7O4P.2ClH/c1-2-3-7-8(4,5)6;;/h2H,1,3H2,(H2,4,5,6);2*1H. The second-order valence-electron chi connectivity index (χ2n) is 1.08. The number of rotatable bonds is 3. The number of phosphoric acid groups is 1. The van der Waals surface area contributed by atoms with Gasteiger partial charge in [0.05, 0.1) is 6.61 Å². The summed E-state index contributed by atoms with van der Waals surface area (Å²) in [6.07, 6.45) is 1.26. The van der Waals surface area contributed by atoms with Gasteiger partial charge in [0.1, 0.15) is 0 Å².